The first-order chi connectivity index (χ1) is 12.2. The number of benzene rings is 2. The Balaban J connectivity index is 2.14. The van der Waals surface area contributed by atoms with Crippen LogP contribution in [0.25, 0.3) is 0 Å². The van der Waals surface area contributed by atoms with E-state index >= 15 is 0 Å². The Kier molecular flexibility index (Phi) is 6.26. The first-order valence-electron chi connectivity index (χ1n) is 8.52. The van der Waals surface area contributed by atoms with Crippen LogP contribution in [0, 0.1) is 13.8 Å². The van der Waals surface area contributed by atoms with Crippen LogP contribution in [0.15, 0.2) is 47.4 Å². The first-order valence-corrected chi connectivity index (χ1v) is 10.0. The number of amides is 2. The minimum atomic E-state index is -3.69. The van der Waals surface area contributed by atoms with Crippen molar-refractivity contribution in [2.24, 2.45) is 0 Å². The number of anilines is 2. The van der Waals surface area contributed by atoms with Gasteiger partial charge in [0.25, 0.3) is 10.0 Å². The van der Waals surface area contributed by atoms with Crippen molar-refractivity contribution in [3.05, 3.63) is 53.6 Å². The van der Waals surface area contributed by atoms with Gasteiger partial charge >= 0.3 is 6.03 Å². The summed E-state index contributed by atoms with van der Waals surface area (Å²) in [7, 11) is -3.69. The predicted octanol–water partition coefficient (Wildman–Crippen LogP) is 3.98. The molecule has 0 unspecified atom stereocenters. The van der Waals surface area contributed by atoms with Gasteiger partial charge < -0.3 is 10.2 Å². The largest absolute Gasteiger partial charge is 0.325 e. The third-order valence-electron chi connectivity index (χ3n) is 3.94. The lowest BCUT2D eigenvalue weighted by Gasteiger charge is -2.19. The lowest BCUT2D eigenvalue weighted by molar-refractivity contribution is 0.217. The lowest BCUT2D eigenvalue weighted by atomic mass is 10.1. The molecule has 0 aliphatic rings. The van der Waals surface area contributed by atoms with Gasteiger partial charge in [0.2, 0.25) is 0 Å². The molecule has 0 aliphatic carbocycles. The minimum absolute atomic E-state index is 0.137. The molecule has 0 atom stereocenters. The lowest BCUT2D eigenvalue weighted by Crippen LogP contribution is -2.34. The molecule has 0 spiro atoms. The standard InChI is InChI=1S/C19H25N3O3S/c1-5-22(6-2)19(23)20-16-7-9-18(10-8-16)26(24,25)21-17-12-14(3)11-15(4)13-17/h7-13,21H,5-6H2,1-4H3,(H,20,23). The van der Waals surface area contributed by atoms with Gasteiger partial charge in [0.1, 0.15) is 0 Å². The zero-order chi connectivity index (χ0) is 19.3. The molecule has 0 aromatic heterocycles. The van der Waals surface area contributed by atoms with Gasteiger partial charge in [-0.05, 0) is 75.2 Å². The van der Waals surface area contributed by atoms with Crippen LogP contribution >= 0.6 is 0 Å². The van der Waals surface area contributed by atoms with Gasteiger partial charge in [-0.3, -0.25) is 4.72 Å². The van der Waals surface area contributed by atoms with Gasteiger partial charge in [0.05, 0.1) is 4.90 Å². The van der Waals surface area contributed by atoms with Crippen molar-refractivity contribution >= 4 is 27.4 Å². The fraction of sp³-hybridized carbons (Fsp3) is 0.316. The second kappa shape index (κ2) is 8.23. The highest BCUT2D eigenvalue weighted by molar-refractivity contribution is 7.92. The van der Waals surface area contributed by atoms with Crippen molar-refractivity contribution in [2.75, 3.05) is 23.1 Å². The molecule has 7 heteroatoms. The number of nitrogens with zero attached hydrogens (tertiary/aromatic N) is 1. The second-order valence-corrected chi connectivity index (χ2v) is 7.79. The quantitative estimate of drug-likeness (QED) is 0.802. The number of carbonyl (C=O) groups is 1. The Morgan fingerprint density at radius 1 is 0.923 bits per heavy atom. The van der Waals surface area contributed by atoms with E-state index < -0.39 is 10.0 Å². The molecule has 0 saturated heterocycles. The molecule has 0 bridgehead atoms. The molecule has 0 fully saturated rings. The average Bonchev–Trinajstić information content (AvgIpc) is 2.55. The molecule has 2 amide bonds. The highest BCUT2D eigenvalue weighted by atomic mass is 32.2. The fourth-order valence-corrected chi connectivity index (χ4v) is 3.72. The van der Waals surface area contributed by atoms with Crippen LogP contribution in [0.2, 0.25) is 0 Å². The van der Waals surface area contributed by atoms with Crippen LogP contribution < -0.4 is 10.0 Å². The van der Waals surface area contributed by atoms with Crippen molar-refractivity contribution in [1.29, 1.82) is 0 Å². The van der Waals surface area contributed by atoms with Crippen LogP contribution in [-0.4, -0.2) is 32.4 Å². The summed E-state index contributed by atoms with van der Waals surface area (Å²) in [5.74, 6) is 0. The van der Waals surface area contributed by atoms with Gasteiger partial charge in [-0.1, -0.05) is 6.07 Å². The predicted molar refractivity (Wildman–Crippen MR) is 105 cm³/mol. The van der Waals surface area contributed by atoms with Crippen LogP contribution in [0.3, 0.4) is 0 Å². The highest BCUT2D eigenvalue weighted by Gasteiger charge is 2.15. The number of hydrogen-bond donors (Lipinski definition) is 2. The maximum absolute atomic E-state index is 12.6. The first kappa shape index (κ1) is 19.8. The Morgan fingerprint density at radius 2 is 1.46 bits per heavy atom. The molecule has 0 saturated carbocycles. The third-order valence-corrected chi connectivity index (χ3v) is 5.34. The van der Waals surface area contributed by atoms with E-state index in [9.17, 15) is 13.2 Å². The fourth-order valence-electron chi connectivity index (χ4n) is 2.68. The van der Waals surface area contributed by atoms with Crippen molar-refractivity contribution < 1.29 is 13.2 Å². The molecule has 6 nitrogen and oxygen atoms in total. The summed E-state index contributed by atoms with van der Waals surface area (Å²) in [6, 6.07) is 11.4. The molecular formula is C19H25N3O3S. The Morgan fingerprint density at radius 3 is 1.96 bits per heavy atom. The van der Waals surface area contributed by atoms with Crippen molar-refractivity contribution in [3.8, 4) is 0 Å². The highest BCUT2D eigenvalue weighted by Crippen LogP contribution is 2.20. The Bertz CT molecular complexity index is 853. The minimum Gasteiger partial charge on any atom is -0.325 e. The smallest absolute Gasteiger partial charge is 0.321 e. The Hall–Kier alpha value is -2.54. The van der Waals surface area contributed by atoms with E-state index in [1.807, 2.05) is 33.8 Å². The van der Waals surface area contributed by atoms with E-state index in [0.29, 0.717) is 24.5 Å². The third kappa shape index (κ3) is 4.98. The molecule has 26 heavy (non-hydrogen) atoms. The van der Waals surface area contributed by atoms with E-state index in [4.69, 9.17) is 0 Å². The summed E-state index contributed by atoms with van der Waals surface area (Å²) in [4.78, 5) is 13.8. The molecule has 0 radical (unpaired) electrons. The zero-order valence-corrected chi connectivity index (χ0v) is 16.4. The van der Waals surface area contributed by atoms with Crippen LogP contribution in [0.5, 0.6) is 0 Å². The maximum Gasteiger partial charge on any atom is 0.321 e. The Labute approximate surface area is 155 Å². The van der Waals surface area contributed by atoms with Gasteiger partial charge in [0.15, 0.2) is 0 Å². The summed E-state index contributed by atoms with van der Waals surface area (Å²) in [6.45, 7) is 8.84. The summed E-state index contributed by atoms with van der Waals surface area (Å²) in [5.41, 5.74) is 3.04. The van der Waals surface area contributed by atoms with E-state index in [1.54, 1.807) is 29.2 Å². The van der Waals surface area contributed by atoms with E-state index in [2.05, 4.69) is 10.0 Å². The van der Waals surface area contributed by atoms with Crippen LogP contribution in [0.1, 0.15) is 25.0 Å². The van der Waals surface area contributed by atoms with Gasteiger partial charge in [-0.15, -0.1) is 0 Å². The molecule has 0 heterocycles. The SMILES string of the molecule is CCN(CC)C(=O)Nc1ccc(S(=O)(=O)Nc2cc(C)cc(C)c2)cc1. The molecule has 140 valence electrons. The van der Waals surface area contributed by atoms with E-state index in [0.717, 1.165) is 11.1 Å². The van der Waals surface area contributed by atoms with E-state index in [1.165, 1.54) is 12.1 Å². The zero-order valence-electron chi connectivity index (χ0n) is 15.5. The van der Waals surface area contributed by atoms with Gasteiger partial charge in [0, 0.05) is 24.5 Å². The van der Waals surface area contributed by atoms with Gasteiger partial charge in [-0.25, -0.2) is 13.2 Å². The summed E-state index contributed by atoms with van der Waals surface area (Å²) >= 11 is 0. The average molecular weight is 375 g/mol. The molecule has 2 aromatic rings. The summed E-state index contributed by atoms with van der Waals surface area (Å²) in [6.07, 6.45) is 0. The van der Waals surface area contributed by atoms with Crippen molar-refractivity contribution in [2.45, 2.75) is 32.6 Å². The number of hydrogen-bond acceptors (Lipinski definition) is 3. The number of nitrogens with one attached hydrogen (secondary N) is 2. The number of aryl methyl sites for hydroxylation is 2. The van der Waals surface area contributed by atoms with Crippen LogP contribution in [0.4, 0.5) is 16.2 Å². The summed E-state index contributed by atoms with van der Waals surface area (Å²) < 4.78 is 27.7. The van der Waals surface area contributed by atoms with E-state index in [-0.39, 0.29) is 10.9 Å². The molecule has 2 aromatic carbocycles. The summed E-state index contributed by atoms with van der Waals surface area (Å²) in [5, 5.41) is 2.76. The second-order valence-electron chi connectivity index (χ2n) is 6.11. The van der Waals surface area contributed by atoms with Gasteiger partial charge in [-0.2, -0.15) is 0 Å². The maximum atomic E-state index is 12.6. The van der Waals surface area contributed by atoms with Crippen molar-refractivity contribution in [1.82, 2.24) is 4.90 Å². The molecule has 2 N–H and O–H groups in total. The molecule has 0 aliphatic heterocycles. The number of sulfonamides is 1. The molecular weight excluding hydrogens is 350 g/mol. The number of rotatable bonds is 6. The normalized spacial score (nSPS) is 11.1. The van der Waals surface area contributed by atoms with Crippen LogP contribution in [-0.2, 0) is 10.0 Å². The topological polar surface area (TPSA) is 78.5 Å². The number of urea groups is 1. The number of carbonyl (C=O) groups excluding carboxylic acids is 1. The monoisotopic (exact) mass is 375 g/mol. The van der Waals surface area contributed by atoms with Crippen molar-refractivity contribution in [3.63, 3.8) is 0 Å². The molecule has 2 rings (SSSR count).